The second-order valence-corrected chi connectivity index (χ2v) is 8.45. The minimum absolute atomic E-state index is 0.168. The van der Waals surface area contributed by atoms with Crippen LogP contribution in [-0.2, 0) is 10.0 Å². The van der Waals surface area contributed by atoms with Gasteiger partial charge < -0.3 is 9.84 Å². The lowest BCUT2D eigenvalue weighted by atomic mass is 10.0. The minimum atomic E-state index is -3.54. The van der Waals surface area contributed by atoms with E-state index < -0.39 is 15.9 Å². The van der Waals surface area contributed by atoms with Crippen LogP contribution in [0.2, 0.25) is 0 Å². The van der Waals surface area contributed by atoms with E-state index in [4.69, 9.17) is 0 Å². The molecule has 1 unspecified atom stereocenters. The second kappa shape index (κ2) is 6.42. The molecule has 0 aliphatic carbocycles. The number of hydrogen-bond donors (Lipinski definition) is 1. The number of carbonyl (C=O) groups is 1. The third-order valence-corrected chi connectivity index (χ3v) is 6.66. The van der Waals surface area contributed by atoms with Gasteiger partial charge in [0.15, 0.2) is 5.82 Å². The summed E-state index contributed by atoms with van der Waals surface area (Å²) in [5, 5.41) is 7.64. The fraction of sp³-hybridized carbons (Fsp3) is 0.429. The molecule has 1 fully saturated rings. The van der Waals surface area contributed by atoms with Crippen molar-refractivity contribution in [3.8, 4) is 0 Å². The van der Waals surface area contributed by atoms with Gasteiger partial charge in [0.2, 0.25) is 10.0 Å². The highest BCUT2D eigenvalue weighted by atomic mass is 32.2. The maximum Gasteiger partial charge on any atom is 0.267 e. The van der Waals surface area contributed by atoms with Crippen LogP contribution in [0.1, 0.15) is 29.4 Å². The Labute approximate surface area is 138 Å². The molecule has 1 aliphatic heterocycles. The Kier molecular flexibility index (Phi) is 4.51. The fourth-order valence-corrected chi connectivity index (χ4v) is 5.30. The Balaban J connectivity index is 1.76. The van der Waals surface area contributed by atoms with Gasteiger partial charge in [0, 0.05) is 24.5 Å². The van der Waals surface area contributed by atoms with Gasteiger partial charge in [-0.25, -0.2) is 8.42 Å². The highest BCUT2D eigenvalue weighted by Gasteiger charge is 2.30. The number of aromatic nitrogens is 1. The summed E-state index contributed by atoms with van der Waals surface area (Å²) in [4.78, 5) is 12.6. The highest BCUT2D eigenvalue weighted by molar-refractivity contribution is 7.89. The molecule has 1 atom stereocenters. The van der Waals surface area contributed by atoms with Gasteiger partial charge in [0.25, 0.3) is 5.91 Å². The molecule has 23 heavy (non-hydrogen) atoms. The van der Waals surface area contributed by atoms with E-state index in [-0.39, 0.29) is 10.7 Å². The van der Waals surface area contributed by atoms with Crippen LogP contribution in [0.5, 0.6) is 0 Å². The van der Waals surface area contributed by atoms with E-state index >= 15 is 0 Å². The van der Waals surface area contributed by atoms with Crippen LogP contribution in [0.4, 0.5) is 5.82 Å². The Morgan fingerprint density at radius 1 is 1.52 bits per heavy atom. The molecular formula is C14H17N3O4S2. The van der Waals surface area contributed by atoms with E-state index in [0.717, 1.165) is 24.2 Å². The maximum absolute atomic E-state index is 12.7. The van der Waals surface area contributed by atoms with Gasteiger partial charge in [0.05, 0.1) is 9.77 Å². The van der Waals surface area contributed by atoms with Crippen LogP contribution in [0.25, 0.3) is 0 Å². The number of anilines is 1. The van der Waals surface area contributed by atoms with Crippen molar-refractivity contribution >= 4 is 33.1 Å². The first kappa shape index (κ1) is 16.2. The molecule has 0 radical (unpaired) electrons. The zero-order valence-corrected chi connectivity index (χ0v) is 14.2. The summed E-state index contributed by atoms with van der Waals surface area (Å²) < 4.78 is 31.5. The van der Waals surface area contributed by atoms with Crippen molar-refractivity contribution in [1.82, 2.24) is 9.46 Å². The highest BCUT2D eigenvalue weighted by Crippen LogP contribution is 2.27. The van der Waals surface area contributed by atoms with Gasteiger partial charge in [-0.2, -0.15) is 4.31 Å². The molecule has 124 valence electrons. The van der Waals surface area contributed by atoms with Crippen molar-refractivity contribution in [2.24, 2.45) is 5.92 Å². The summed E-state index contributed by atoms with van der Waals surface area (Å²) in [6, 6.07) is 2.92. The van der Waals surface area contributed by atoms with Crippen molar-refractivity contribution in [3.05, 3.63) is 28.7 Å². The van der Waals surface area contributed by atoms with Crippen LogP contribution >= 0.6 is 11.3 Å². The predicted molar refractivity (Wildman–Crippen MR) is 85.9 cm³/mol. The van der Waals surface area contributed by atoms with Crippen LogP contribution in [0.15, 0.2) is 33.2 Å². The van der Waals surface area contributed by atoms with Gasteiger partial charge >= 0.3 is 0 Å². The van der Waals surface area contributed by atoms with Crippen molar-refractivity contribution in [3.63, 3.8) is 0 Å². The van der Waals surface area contributed by atoms with E-state index in [1.54, 1.807) is 0 Å². The van der Waals surface area contributed by atoms with Gasteiger partial charge in [0.1, 0.15) is 6.26 Å². The number of nitrogens with one attached hydrogen (secondary N) is 1. The fourth-order valence-electron chi connectivity index (χ4n) is 2.54. The normalized spacial score (nSPS) is 19.6. The Morgan fingerprint density at radius 2 is 2.35 bits per heavy atom. The zero-order valence-electron chi connectivity index (χ0n) is 12.6. The summed E-state index contributed by atoms with van der Waals surface area (Å²) in [7, 11) is -3.54. The topological polar surface area (TPSA) is 92.5 Å². The third kappa shape index (κ3) is 3.46. The van der Waals surface area contributed by atoms with E-state index in [1.165, 1.54) is 28.1 Å². The molecule has 2 aromatic rings. The summed E-state index contributed by atoms with van der Waals surface area (Å²) in [5.41, 5.74) is 0. The lowest BCUT2D eigenvalue weighted by molar-refractivity contribution is 0.102. The molecule has 9 heteroatoms. The van der Waals surface area contributed by atoms with Crippen molar-refractivity contribution < 1.29 is 17.7 Å². The van der Waals surface area contributed by atoms with Crippen molar-refractivity contribution in [2.75, 3.05) is 18.4 Å². The van der Waals surface area contributed by atoms with E-state index in [2.05, 4.69) is 15.0 Å². The van der Waals surface area contributed by atoms with E-state index in [0.29, 0.717) is 23.9 Å². The number of thiophene rings is 1. The number of amides is 1. The molecule has 0 saturated carbocycles. The predicted octanol–water partition coefficient (Wildman–Crippen LogP) is 2.41. The first-order valence-corrected chi connectivity index (χ1v) is 9.59. The molecule has 2 aromatic heterocycles. The van der Waals surface area contributed by atoms with Gasteiger partial charge in [-0.05, 0) is 24.8 Å². The largest absolute Gasteiger partial charge is 0.363 e. The number of sulfonamides is 1. The number of nitrogens with zero attached hydrogens (tertiary/aromatic N) is 2. The minimum Gasteiger partial charge on any atom is -0.363 e. The van der Waals surface area contributed by atoms with Crippen molar-refractivity contribution in [2.45, 2.75) is 24.7 Å². The summed E-state index contributed by atoms with van der Waals surface area (Å²) >= 11 is 1.09. The Bertz CT molecular complexity index is 783. The molecule has 3 rings (SSSR count). The summed E-state index contributed by atoms with van der Waals surface area (Å²) in [6.07, 6.45) is 3.25. The molecule has 0 bridgehead atoms. The van der Waals surface area contributed by atoms with Gasteiger partial charge in [-0.3, -0.25) is 4.79 Å². The standard InChI is InChI=1S/C14H17N3O4S2/c1-10-3-2-5-17(8-10)23(19,20)11-7-12(22-9-11)14(18)15-13-4-6-21-16-13/h4,6-7,9-10H,2-3,5,8H2,1H3,(H,15,16,18). The molecular weight excluding hydrogens is 338 g/mol. The van der Waals surface area contributed by atoms with E-state index in [9.17, 15) is 13.2 Å². The first-order valence-electron chi connectivity index (χ1n) is 7.27. The average Bonchev–Trinajstić information content (AvgIpc) is 3.18. The molecule has 1 saturated heterocycles. The summed E-state index contributed by atoms with van der Waals surface area (Å²) in [6.45, 7) is 3.10. The molecule has 1 amide bonds. The SMILES string of the molecule is CC1CCCN(S(=O)(=O)c2csc(C(=O)Nc3ccon3)c2)C1. The van der Waals surface area contributed by atoms with E-state index in [1.807, 2.05) is 6.92 Å². The smallest absolute Gasteiger partial charge is 0.267 e. The van der Waals surface area contributed by atoms with Crippen LogP contribution < -0.4 is 5.32 Å². The molecule has 0 aromatic carbocycles. The number of rotatable bonds is 4. The number of hydrogen-bond acceptors (Lipinski definition) is 6. The third-order valence-electron chi connectivity index (χ3n) is 3.74. The Morgan fingerprint density at radius 3 is 3.04 bits per heavy atom. The number of piperidine rings is 1. The second-order valence-electron chi connectivity index (χ2n) is 5.60. The first-order chi connectivity index (χ1) is 11.0. The summed E-state index contributed by atoms with van der Waals surface area (Å²) in [5.74, 6) is 0.238. The van der Waals surface area contributed by atoms with Crippen molar-refractivity contribution in [1.29, 1.82) is 0 Å². The van der Waals surface area contributed by atoms with Gasteiger partial charge in [-0.1, -0.05) is 12.1 Å². The molecule has 3 heterocycles. The monoisotopic (exact) mass is 355 g/mol. The maximum atomic E-state index is 12.7. The zero-order chi connectivity index (χ0) is 16.4. The molecule has 1 N–H and O–H groups in total. The lowest BCUT2D eigenvalue weighted by Crippen LogP contribution is -2.38. The Hall–Kier alpha value is -1.71. The number of carbonyl (C=O) groups excluding carboxylic acids is 1. The molecule has 7 nitrogen and oxygen atoms in total. The van der Waals surface area contributed by atoms with Crippen LogP contribution in [-0.4, -0.2) is 36.9 Å². The van der Waals surface area contributed by atoms with Gasteiger partial charge in [-0.15, -0.1) is 11.3 Å². The molecule has 1 aliphatic rings. The van der Waals surface area contributed by atoms with Crippen LogP contribution in [0, 0.1) is 5.92 Å². The quantitative estimate of drug-likeness (QED) is 0.909. The van der Waals surface area contributed by atoms with Crippen LogP contribution in [0.3, 0.4) is 0 Å². The molecule has 0 spiro atoms. The average molecular weight is 355 g/mol. The lowest BCUT2D eigenvalue weighted by Gasteiger charge is -2.29.